The maximum atomic E-state index is 10.3. The zero-order valence-corrected chi connectivity index (χ0v) is 16.9. The fourth-order valence-electron chi connectivity index (χ4n) is 3.99. The minimum atomic E-state index is 0.0105. The number of nitrogens with zero attached hydrogens (tertiary/aromatic N) is 6. The number of pyridine rings is 1. The van der Waals surface area contributed by atoms with Crippen molar-refractivity contribution in [2.24, 2.45) is 0 Å². The Morgan fingerprint density at radius 1 is 1.13 bits per heavy atom. The van der Waals surface area contributed by atoms with E-state index in [9.17, 15) is 5.11 Å². The Labute approximate surface area is 173 Å². The second kappa shape index (κ2) is 7.29. The van der Waals surface area contributed by atoms with E-state index in [1.165, 1.54) is 0 Å². The zero-order chi connectivity index (χ0) is 20.7. The SMILES string of the molecule is COc1nc(-c2nc3n(n2)CCC[C@H]3c2ccccc2O)ccc1-n1cnc(C)c1. The number of hydrogen-bond donors (Lipinski definition) is 1. The predicted molar refractivity (Wildman–Crippen MR) is 111 cm³/mol. The van der Waals surface area contributed by atoms with E-state index >= 15 is 0 Å². The first kappa shape index (κ1) is 18.4. The van der Waals surface area contributed by atoms with Crippen molar-refractivity contribution in [3.8, 4) is 28.8 Å². The van der Waals surface area contributed by atoms with Gasteiger partial charge in [0.1, 0.15) is 23.0 Å². The highest BCUT2D eigenvalue weighted by Crippen LogP contribution is 2.37. The summed E-state index contributed by atoms with van der Waals surface area (Å²) in [6, 6.07) is 11.3. The lowest BCUT2D eigenvalue weighted by molar-refractivity contribution is 0.396. The molecule has 1 aliphatic heterocycles. The van der Waals surface area contributed by atoms with Crippen LogP contribution >= 0.6 is 0 Å². The van der Waals surface area contributed by atoms with Crippen LogP contribution in [-0.4, -0.2) is 41.5 Å². The molecule has 1 aromatic carbocycles. The molecule has 0 saturated heterocycles. The molecule has 0 aliphatic carbocycles. The molecule has 5 rings (SSSR count). The number of fused-ring (bicyclic) bond motifs is 1. The summed E-state index contributed by atoms with van der Waals surface area (Å²) in [5.41, 5.74) is 3.25. The summed E-state index contributed by atoms with van der Waals surface area (Å²) in [7, 11) is 1.60. The molecule has 152 valence electrons. The molecule has 0 unspecified atom stereocenters. The molecule has 1 N–H and O–H groups in total. The summed E-state index contributed by atoms with van der Waals surface area (Å²) >= 11 is 0. The van der Waals surface area contributed by atoms with Gasteiger partial charge in [0, 0.05) is 24.2 Å². The van der Waals surface area contributed by atoms with Gasteiger partial charge in [-0.05, 0) is 38.0 Å². The number of rotatable bonds is 4. The highest BCUT2D eigenvalue weighted by atomic mass is 16.5. The van der Waals surface area contributed by atoms with E-state index in [2.05, 4.69) is 9.97 Å². The molecule has 1 atom stereocenters. The van der Waals surface area contributed by atoms with Gasteiger partial charge in [-0.2, -0.15) is 0 Å². The molecule has 0 saturated carbocycles. The first-order valence-corrected chi connectivity index (χ1v) is 9.93. The van der Waals surface area contributed by atoms with Crippen molar-refractivity contribution in [1.82, 2.24) is 29.3 Å². The van der Waals surface area contributed by atoms with Crippen LogP contribution in [0.3, 0.4) is 0 Å². The molecule has 1 aliphatic rings. The highest BCUT2D eigenvalue weighted by Gasteiger charge is 2.28. The lowest BCUT2D eigenvalue weighted by Crippen LogP contribution is -2.18. The van der Waals surface area contributed by atoms with Crippen LogP contribution in [0.4, 0.5) is 0 Å². The predicted octanol–water partition coefficient (Wildman–Crippen LogP) is 3.47. The Morgan fingerprint density at radius 2 is 2.00 bits per heavy atom. The lowest BCUT2D eigenvalue weighted by Gasteiger charge is -2.22. The molecule has 30 heavy (non-hydrogen) atoms. The molecule has 0 amide bonds. The minimum absolute atomic E-state index is 0.0105. The Bertz CT molecular complexity index is 1210. The Morgan fingerprint density at radius 3 is 2.77 bits per heavy atom. The van der Waals surface area contributed by atoms with Crippen molar-refractivity contribution in [3.63, 3.8) is 0 Å². The van der Waals surface area contributed by atoms with Gasteiger partial charge in [0.15, 0.2) is 5.82 Å². The van der Waals surface area contributed by atoms with Gasteiger partial charge in [0.05, 0.1) is 19.1 Å². The average molecular weight is 402 g/mol. The van der Waals surface area contributed by atoms with E-state index in [0.29, 0.717) is 23.1 Å². The fraction of sp³-hybridized carbons (Fsp3) is 0.273. The number of phenols is 1. The summed E-state index contributed by atoms with van der Waals surface area (Å²) in [5, 5.41) is 15.0. The normalized spacial score (nSPS) is 15.7. The summed E-state index contributed by atoms with van der Waals surface area (Å²) in [4.78, 5) is 13.7. The van der Waals surface area contributed by atoms with Crippen LogP contribution in [0.25, 0.3) is 17.2 Å². The van der Waals surface area contributed by atoms with Crippen molar-refractivity contribution in [2.75, 3.05) is 7.11 Å². The van der Waals surface area contributed by atoms with Crippen LogP contribution in [0.15, 0.2) is 48.9 Å². The molecular formula is C22H22N6O2. The quantitative estimate of drug-likeness (QED) is 0.562. The standard InChI is InChI=1S/C22H22N6O2/c1-14-12-27(13-23-14)18-10-9-17(24-22(18)30-2)20-25-21-16(7-5-11-28(21)26-20)15-6-3-4-8-19(15)29/h3-4,6,8-10,12-13,16,29H,5,7,11H2,1-2H3/t16-/m0/s1. The molecular weight excluding hydrogens is 380 g/mol. The highest BCUT2D eigenvalue weighted by molar-refractivity contribution is 5.55. The third kappa shape index (κ3) is 3.10. The zero-order valence-electron chi connectivity index (χ0n) is 16.9. The van der Waals surface area contributed by atoms with Crippen LogP contribution < -0.4 is 4.74 Å². The van der Waals surface area contributed by atoms with Crippen LogP contribution in [-0.2, 0) is 6.54 Å². The summed E-state index contributed by atoms with van der Waals surface area (Å²) < 4.78 is 9.33. The summed E-state index contributed by atoms with van der Waals surface area (Å²) in [6.07, 6.45) is 5.55. The van der Waals surface area contributed by atoms with E-state index in [-0.39, 0.29) is 5.92 Å². The Hall–Kier alpha value is -3.68. The van der Waals surface area contributed by atoms with Crippen molar-refractivity contribution in [1.29, 1.82) is 0 Å². The maximum Gasteiger partial charge on any atom is 0.238 e. The third-order valence-electron chi connectivity index (χ3n) is 5.44. The number of ether oxygens (including phenoxy) is 1. The van der Waals surface area contributed by atoms with Crippen LogP contribution in [0, 0.1) is 6.92 Å². The fourth-order valence-corrected chi connectivity index (χ4v) is 3.99. The van der Waals surface area contributed by atoms with Gasteiger partial charge >= 0.3 is 0 Å². The molecule has 4 heterocycles. The van der Waals surface area contributed by atoms with Crippen LogP contribution in [0.5, 0.6) is 11.6 Å². The van der Waals surface area contributed by atoms with Crippen molar-refractivity contribution in [2.45, 2.75) is 32.2 Å². The average Bonchev–Trinajstić information content (AvgIpc) is 3.40. The first-order chi connectivity index (χ1) is 14.6. The molecule has 8 nitrogen and oxygen atoms in total. The molecule has 3 aromatic heterocycles. The molecule has 0 bridgehead atoms. The number of aromatic nitrogens is 6. The second-order valence-corrected chi connectivity index (χ2v) is 7.42. The number of aryl methyl sites for hydroxylation is 2. The number of benzene rings is 1. The van der Waals surface area contributed by atoms with E-state index in [4.69, 9.17) is 14.8 Å². The van der Waals surface area contributed by atoms with Gasteiger partial charge in [-0.15, -0.1) is 5.10 Å². The van der Waals surface area contributed by atoms with Crippen LogP contribution in [0.2, 0.25) is 0 Å². The molecule has 0 radical (unpaired) electrons. The Balaban J connectivity index is 1.54. The maximum absolute atomic E-state index is 10.3. The summed E-state index contributed by atoms with van der Waals surface area (Å²) in [6.45, 7) is 2.74. The number of para-hydroxylation sites is 1. The largest absolute Gasteiger partial charge is 0.508 e. The topological polar surface area (TPSA) is 90.9 Å². The molecule has 0 spiro atoms. The van der Waals surface area contributed by atoms with E-state index in [1.807, 2.05) is 52.7 Å². The molecule has 8 heteroatoms. The summed E-state index contributed by atoms with van der Waals surface area (Å²) in [5.74, 6) is 2.19. The van der Waals surface area contributed by atoms with Gasteiger partial charge < -0.3 is 14.4 Å². The molecule has 4 aromatic rings. The Kier molecular flexibility index (Phi) is 4.46. The van der Waals surface area contributed by atoms with Crippen molar-refractivity contribution in [3.05, 3.63) is 66.0 Å². The monoisotopic (exact) mass is 402 g/mol. The van der Waals surface area contributed by atoms with E-state index < -0.39 is 0 Å². The van der Waals surface area contributed by atoms with Crippen LogP contribution in [0.1, 0.15) is 35.8 Å². The van der Waals surface area contributed by atoms with Crippen molar-refractivity contribution >= 4 is 0 Å². The number of aromatic hydroxyl groups is 1. The molecule has 0 fully saturated rings. The van der Waals surface area contributed by atoms with Gasteiger partial charge in [-0.1, -0.05) is 18.2 Å². The first-order valence-electron chi connectivity index (χ1n) is 9.93. The van der Waals surface area contributed by atoms with E-state index in [1.54, 1.807) is 19.5 Å². The van der Waals surface area contributed by atoms with E-state index in [0.717, 1.165) is 42.2 Å². The second-order valence-electron chi connectivity index (χ2n) is 7.42. The van der Waals surface area contributed by atoms with Gasteiger partial charge in [-0.25, -0.2) is 19.6 Å². The number of imidazole rings is 1. The number of hydrogen-bond acceptors (Lipinski definition) is 6. The van der Waals surface area contributed by atoms with Crippen molar-refractivity contribution < 1.29 is 9.84 Å². The lowest BCUT2D eigenvalue weighted by atomic mass is 9.90. The smallest absolute Gasteiger partial charge is 0.238 e. The number of phenolic OH excluding ortho intramolecular Hbond substituents is 1. The van der Waals surface area contributed by atoms with Gasteiger partial charge in [0.2, 0.25) is 5.88 Å². The van der Waals surface area contributed by atoms with Gasteiger partial charge in [-0.3, -0.25) is 0 Å². The third-order valence-corrected chi connectivity index (χ3v) is 5.44. The number of methoxy groups -OCH3 is 1. The minimum Gasteiger partial charge on any atom is -0.508 e. The van der Waals surface area contributed by atoms with Gasteiger partial charge in [0.25, 0.3) is 0 Å².